The molecule has 0 aliphatic rings. The molecule has 9 heteroatoms. The molecule has 0 saturated heterocycles. The van der Waals surface area contributed by atoms with Gasteiger partial charge in [0.1, 0.15) is 17.2 Å². The number of H-pyrrole nitrogens is 1. The van der Waals surface area contributed by atoms with Crippen molar-refractivity contribution >= 4 is 17.4 Å². The van der Waals surface area contributed by atoms with Crippen molar-refractivity contribution in [3.05, 3.63) is 80.3 Å². The van der Waals surface area contributed by atoms with Crippen molar-refractivity contribution in [1.29, 1.82) is 0 Å². The number of rotatable bonds is 8. The third-order valence-electron chi connectivity index (χ3n) is 4.87. The molecule has 9 nitrogen and oxygen atoms in total. The summed E-state index contributed by atoms with van der Waals surface area (Å²) in [5, 5.41) is 5.79. The number of anilines is 2. The molecule has 0 saturated carbocycles. The van der Waals surface area contributed by atoms with Gasteiger partial charge in [0.05, 0.1) is 13.2 Å². The number of aryl methyl sites for hydroxylation is 1. The molecule has 3 rings (SSSR count). The first-order valence-electron chi connectivity index (χ1n) is 9.50. The maximum absolute atomic E-state index is 12.9. The number of hydrogen-bond acceptors (Lipinski definition) is 5. The van der Waals surface area contributed by atoms with Gasteiger partial charge in [-0.2, -0.15) is 0 Å². The van der Waals surface area contributed by atoms with Crippen LogP contribution in [0.2, 0.25) is 0 Å². The van der Waals surface area contributed by atoms with Crippen molar-refractivity contribution in [2.45, 2.75) is 20.0 Å². The number of ether oxygens (including phenoxy) is 1. The van der Waals surface area contributed by atoms with Crippen LogP contribution >= 0.6 is 0 Å². The Morgan fingerprint density at radius 1 is 1.13 bits per heavy atom. The molecule has 3 aromatic rings. The lowest BCUT2D eigenvalue weighted by Crippen LogP contribution is -2.36. The second-order valence-electron chi connectivity index (χ2n) is 6.84. The Bertz CT molecular complexity index is 1140. The van der Waals surface area contributed by atoms with Crippen LogP contribution in [0.4, 0.5) is 11.5 Å². The summed E-state index contributed by atoms with van der Waals surface area (Å²) in [7, 11) is 3.28. The Kier molecular flexibility index (Phi) is 6.53. The van der Waals surface area contributed by atoms with Gasteiger partial charge in [-0.3, -0.25) is 19.1 Å². The predicted octanol–water partition coefficient (Wildman–Crippen LogP) is 1.69. The highest BCUT2D eigenvalue weighted by Crippen LogP contribution is 2.18. The first-order valence-corrected chi connectivity index (χ1v) is 9.50. The second kappa shape index (κ2) is 9.27. The number of hydrogen-bond donors (Lipinski definition) is 3. The van der Waals surface area contributed by atoms with Crippen LogP contribution in [0.3, 0.4) is 0 Å². The molecule has 158 valence electrons. The largest absolute Gasteiger partial charge is 0.383 e. The molecule has 0 unspecified atom stereocenters. The highest BCUT2D eigenvalue weighted by molar-refractivity contribution is 6.04. The number of carbonyl (C=O) groups excluding carboxylic acids is 1. The number of amides is 1. The van der Waals surface area contributed by atoms with Gasteiger partial charge in [0.25, 0.3) is 11.5 Å². The van der Waals surface area contributed by atoms with Crippen molar-refractivity contribution in [3.8, 4) is 0 Å². The molecule has 0 aliphatic carbocycles. The first-order chi connectivity index (χ1) is 14.4. The summed E-state index contributed by atoms with van der Waals surface area (Å²) in [4.78, 5) is 40.2. The topological polar surface area (TPSA) is 110 Å². The zero-order valence-corrected chi connectivity index (χ0v) is 17.2. The van der Waals surface area contributed by atoms with Crippen LogP contribution in [0.1, 0.15) is 21.7 Å². The van der Waals surface area contributed by atoms with Gasteiger partial charge < -0.3 is 19.9 Å². The number of benzene rings is 1. The Hall–Kier alpha value is -3.59. The molecule has 0 fully saturated rings. The van der Waals surface area contributed by atoms with Crippen molar-refractivity contribution < 1.29 is 9.53 Å². The van der Waals surface area contributed by atoms with Gasteiger partial charge in [-0.05, 0) is 24.6 Å². The van der Waals surface area contributed by atoms with Crippen molar-refractivity contribution in [2.24, 2.45) is 7.05 Å². The summed E-state index contributed by atoms with van der Waals surface area (Å²) in [6.45, 7) is 2.62. The summed E-state index contributed by atoms with van der Waals surface area (Å²) < 4.78 is 8.10. The molecule has 0 radical (unpaired) electrons. The van der Waals surface area contributed by atoms with Crippen molar-refractivity contribution in [2.75, 3.05) is 24.4 Å². The van der Waals surface area contributed by atoms with Crippen molar-refractivity contribution in [1.82, 2.24) is 14.1 Å². The number of carbonyl (C=O) groups is 1. The lowest BCUT2D eigenvalue weighted by atomic mass is 10.2. The average molecular weight is 411 g/mol. The van der Waals surface area contributed by atoms with Crippen LogP contribution in [0.5, 0.6) is 0 Å². The van der Waals surface area contributed by atoms with Crippen LogP contribution in [-0.2, 0) is 24.9 Å². The molecule has 30 heavy (non-hydrogen) atoms. The highest BCUT2D eigenvalue weighted by Gasteiger charge is 2.19. The van der Waals surface area contributed by atoms with Crippen LogP contribution < -0.4 is 21.9 Å². The number of nitrogens with zero attached hydrogens (tertiary/aromatic N) is 2. The highest BCUT2D eigenvalue weighted by atomic mass is 16.5. The van der Waals surface area contributed by atoms with E-state index < -0.39 is 17.2 Å². The Labute approximate surface area is 173 Å². The smallest absolute Gasteiger partial charge is 0.330 e. The fourth-order valence-electron chi connectivity index (χ4n) is 3.06. The number of aromatic nitrogens is 3. The molecule has 0 aliphatic heterocycles. The molecule has 1 aromatic carbocycles. The van der Waals surface area contributed by atoms with E-state index in [0.717, 1.165) is 11.3 Å². The lowest BCUT2D eigenvalue weighted by Gasteiger charge is -2.18. The number of aromatic amines is 1. The molecule has 0 atom stereocenters. The van der Waals surface area contributed by atoms with Crippen molar-refractivity contribution in [3.63, 3.8) is 0 Å². The first kappa shape index (κ1) is 21.1. The van der Waals surface area contributed by atoms with E-state index in [1.807, 2.05) is 43.3 Å². The zero-order valence-electron chi connectivity index (χ0n) is 17.2. The monoisotopic (exact) mass is 411 g/mol. The number of methoxy groups -OCH3 is 1. The van der Waals surface area contributed by atoms with E-state index in [2.05, 4.69) is 15.6 Å². The maximum Gasteiger partial charge on any atom is 0.330 e. The zero-order chi connectivity index (χ0) is 21.7. The molecule has 0 bridgehead atoms. The second-order valence-corrected chi connectivity index (χ2v) is 6.84. The molecular weight excluding hydrogens is 386 g/mol. The van der Waals surface area contributed by atoms with Crippen LogP contribution in [0.15, 0.2) is 52.1 Å². The molecule has 2 aromatic heterocycles. The van der Waals surface area contributed by atoms with E-state index in [9.17, 15) is 14.4 Å². The summed E-state index contributed by atoms with van der Waals surface area (Å²) in [5.74, 6) is -0.329. The predicted molar refractivity (Wildman–Crippen MR) is 115 cm³/mol. The molecule has 1 amide bonds. The summed E-state index contributed by atoms with van der Waals surface area (Å²) in [6.07, 6.45) is 0. The molecule has 3 N–H and O–H groups in total. The van der Waals surface area contributed by atoms with Crippen LogP contribution in [0, 0.1) is 6.92 Å². The average Bonchev–Trinajstić information content (AvgIpc) is 3.06. The van der Waals surface area contributed by atoms with E-state index in [4.69, 9.17) is 4.74 Å². The minimum atomic E-state index is -0.624. The van der Waals surface area contributed by atoms with Gasteiger partial charge in [0.15, 0.2) is 0 Å². The fraction of sp³-hybridized carbons (Fsp3) is 0.286. The van der Waals surface area contributed by atoms with Crippen LogP contribution in [0.25, 0.3) is 0 Å². The van der Waals surface area contributed by atoms with E-state index in [-0.39, 0.29) is 24.7 Å². The third kappa shape index (κ3) is 4.52. The third-order valence-corrected chi connectivity index (χ3v) is 4.87. The van der Waals surface area contributed by atoms with Gasteiger partial charge >= 0.3 is 5.69 Å². The standard InChI is InChI=1S/C21H25N5O4/c1-14-9-10-16(25(14)2)19(27)23-18-17(22-13-15-7-5-4-6-8-15)20(28)24-21(29)26(18)11-12-30-3/h4-10,22H,11-13H2,1-3H3,(H,23,27)(H,24,28,29). The number of nitrogens with one attached hydrogen (secondary N) is 3. The van der Waals surface area contributed by atoms with Gasteiger partial charge in [-0.25, -0.2) is 4.79 Å². The van der Waals surface area contributed by atoms with E-state index in [1.54, 1.807) is 17.7 Å². The summed E-state index contributed by atoms with van der Waals surface area (Å²) in [5.41, 5.74) is 1.14. The normalized spacial score (nSPS) is 10.8. The minimum Gasteiger partial charge on any atom is -0.383 e. The maximum atomic E-state index is 12.9. The van der Waals surface area contributed by atoms with Gasteiger partial charge in [0.2, 0.25) is 0 Å². The van der Waals surface area contributed by atoms with E-state index in [0.29, 0.717) is 12.2 Å². The van der Waals surface area contributed by atoms with E-state index in [1.165, 1.54) is 11.7 Å². The Morgan fingerprint density at radius 3 is 2.50 bits per heavy atom. The van der Waals surface area contributed by atoms with Gasteiger partial charge in [-0.1, -0.05) is 30.3 Å². The molecule has 0 spiro atoms. The minimum absolute atomic E-state index is 0.0978. The summed E-state index contributed by atoms with van der Waals surface area (Å²) >= 11 is 0. The lowest BCUT2D eigenvalue weighted by molar-refractivity contribution is 0.101. The Balaban J connectivity index is 2.01. The fourth-order valence-corrected chi connectivity index (χ4v) is 3.06. The van der Waals surface area contributed by atoms with Gasteiger partial charge in [0, 0.05) is 26.4 Å². The quantitative estimate of drug-likeness (QED) is 0.523. The van der Waals surface area contributed by atoms with E-state index >= 15 is 0 Å². The summed E-state index contributed by atoms with van der Waals surface area (Å²) in [6, 6.07) is 13.0. The SMILES string of the molecule is COCCn1c(NC(=O)c2ccc(C)n2C)c(NCc2ccccc2)c(=O)[nH]c1=O. The molecule has 2 heterocycles. The van der Waals surface area contributed by atoms with Gasteiger partial charge in [-0.15, -0.1) is 0 Å². The Morgan fingerprint density at radius 2 is 1.87 bits per heavy atom. The molecular formula is C21H25N5O4. The van der Waals surface area contributed by atoms with Crippen LogP contribution in [-0.4, -0.2) is 33.7 Å².